The van der Waals surface area contributed by atoms with Gasteiger partial charge in [-0.1, -0.05) is 52.3 Å². The molecule has 0 aromatic heterocycles. The summed E-state index contributed by atoms with van der Waals surface area (Å²) in [7, 11) is 1.65. The fraction of sp³-hybridized carbons (Fsp3) is 0.0952. The third kappa shape index (κ3) is 4.48. The lowest BCUT2D eigenvalue weighted by Crippen LogP contribution is -2.01. The first-order chi connectivity index (χ1) is 12.2. The lowest BCUT2D eigenvalue weighted by Gasteiger charge is -2.05. The number of ether oxygens (including phenoxy) is 2. The van der Waals surface area contributed by atoms with Crippen molar-refractivity contribution in [3.05, 3.63) is 82.3 Å². The molecule has 3 rings (SSSR count). The van der Waals surface area contributed by atoms with E-state index in [4.69, 9.17) is 9.47 Å². The Balaban J connectivity index is 1.65. The number of benzene rings is 3. The van der Waals surface area contributed by atoms with Crippen molar-refractivity contribution in [2.24, 2.45) is 0 Å². The standard InChI is InChI=1S/C21H17BrO3/c1-24-19-10-9-16-12-15(6-8-17(16)13-19)7-11-21(23)25-14-18-4-2-3-5-20(18)22/h2-13H,14H2,1H3/b11-7+. The number of rotatable bonds is 5. The van der Waals surface area contributed by atoms with E-state index in [2.05, 4.69) is 15.9 Å². The Bertz CT molecular complexity index is 931. The molecule has 0 aliphatic heterocycles. The summed E-state index contributed by atoms with van der Waals surface area (Å²) in [5.74, 6) is 0.456. The van der Waals surface area contributed by atoms with Crippen LogP contribution in [0.5, 0.6) is 5.75 Å². The van der Waals surface area contributed by atoms with Gasteiger partial charge in [-0.05, 0) is 46.7 Å². The van der Waals surface area contributed by atoms with Crippen LogP contribution in [0.4, 0.5) is 0 Å². The van der Waals surface area contributed by atoms with E-state index in [9.17, 15) is 4.79 Å². The SMILES string of the molecule is COc1ccc2cc(/C=C/C(=O)OCc3ccccc3Br)ccc2c1. The minimum Gasteiger partial charge on any atom is -0.497 e. The summed E-state index contributed by atoms with van der Waals surface area (Å²) >= 11 is 3.44. The number of halogens is 1. The highest BCUT2D eigenvalue weighted by molar-refractivity contribution is 9.10. The highest BCUT2D eigenvalue weighted by atomic mass is 79.9. The number of hydrogen-bond donors (Lipinski definition) is 0. The Morgan fingerprint density at radius 1 is 1.04 bits per heavy atom. The highest BCUT2D eigenvalue weighted by Gasteiger charge is 2.03. The molecule has 0 spiro atoms. The Kier molecular flexibility index (Phi) is 5.51. The van der Waals surface area contributed by atoms with Crippen molar-refractivity contribution in [3.63, 3.8) is 0 Å². The second-order valence-corrected chi connectivity index (χ2v) is 6.36. The Hall–Kier alpha value is -2.59. The van der Waals surface area contributed by atoms with Gasteiger partial charge in [-0.25, -0.2) is 4.79 Å². The van der Waals surface area contributed by atoms with E-state index in [0.717, 1.165) is 32.1 Å². The second kappa shape index (κ2) is 7.99. The van der Waals surface area contributed by atoms with Gasteiger partial charge in [-0.3, -0.25) is 0 Å². The Morgan fingerprint density at radius 2 is 1.80 bits per heavy atom. The zero-order valence-electron chi connectivity index (χ0n) is 13.7. The predicted molar refractivity (Wildman–Crippen MR) is 103 cm³/mol. The monoisotopic (exact) mass is 396 g/mol. The Morgan fingerprint density at radius 3 is 2.60 bits per heavy atom. The number of methoxy groups -OCH3 is 1. The van der Waals surface area contributed by atoms with E-state index in [1.807, 2.05) is 60.7 Å². The summed E-state index contributed by atoms with van der Waals surface area (Å²) in [5.41, 5.74) is 1.87. The molecule has 0 heterocycles. The molecule has 3 aromatic carbocycles. The van der Waals surface area contributed by atoms with Gasteiger partial charge in [0.25, 0.3) is 0 Å². The maximum atomic E-state index is 11.9. The number of fused-ring (bicyclic) bond motifs is 1. The molecule has 3 nitrogen and oxygen atoms in total. The molecule has 0 saturated carbocycles. The lowest BCUT2D eigenvalue weighted by atomic mass is 10.1. The number of hydrogen-bond acceptors (Lipinski definition) is 3. The van der Waals surface area contributed by atoms with E-state index in [0.29, 0.717) is 0 Å². The minimum absolute atomic E-state index is 0.238. The van der Waals surface area contributed by atoms with Crippen LogP contribution >= 0.6 is 15.9 Å². The summed E-state index contributed by atoms with van der Waals surface area (Å²) in [5, 5.41) is 2.18. The first-order valence-corrected chi connectivity index (χ1v) is 8.61. The second-order valence-electron chi connectivity index (χ2n) is 5.50. The normalized spacial score (nSPS) is 11.0. The fourth-order valence-electron chi connectivity index (χ4n) is 2.45. The van der Waals surface area contributed by atoms with Crippen LogP contribution in [0.15, 0.2) is 71.2 Å². The van der Waals surface area contributed by atoms with Gasteiger partial charge >= 0.3 is 5.97 Å². The van der Waals surface area contributed by atoms with Crippen LogP contribution in [-0.4, -0.2) is 13.1 Å². The van der Waals surface area contributed by atoms with E-state index < -0.39 is 0 Å². The van der Waals surface area contributed by atoms with Gasteiger partial charge in [0.2, 0.25) is 0 Å². The van der Waals surface area contributed by atoms with Crippen molar-refractivity contribution in [2.45, 2.75) is 6.61 Å². The number of carbonyl (C=O) groups excluding carboxylic acids is 1. The molecule has 0 atom stereocenters. The van der Waals surface area contributed by atoms with Crippen LogP contribution in [0.1, 0.15) is 11.1 Å². The average molecular weight is 397 g/mol. The van der Waals surface area contributed by atoms with Gasteiger partial charge in [0.05, 0.1) is 7.11 Å². The molecule has 0 saturated heterocycles. The average Bonchev–Trinajstić information content (AvgIpc) is 2.65. The van der Waals surface area contributed by atoms with Crippen molar-refractivity contribution < 1.29 is 14.3 Å². The van der Waals surface area contributed by atoms with Crippen molar-refractivity contribution in [1.82, 2.24) is 0 Å². The third-order valence-corrected chi connectivity index (χ3v) is 4.58. The number of esters is 1. The van der Waals surface area contributed by atoms with Crippen molar-refractivity contribution in [2.75, 3.05) is 7.11 Å². The molecule has 0 radical (unpaired) electrons. The van der Waals surface area contributed by atoms with Crippen molar-refractivity contribution in [1.29, 1.82) is 0 Å². The zero-order valence-corrected chi connectivity index (χ0v) is 15.3. The lowest BCUT2D eigenvalue weighted by molar-refractivity contribution is -0.138. The van der Waals surface area contributed by atoms with Gasteiger partial charge in [-0.15, -0.1) is 0 Å². The van der Waals surface area contributed by atoms with Crippen molar-refractivity contribution in [3.8, 4) is 5.75 Å². The molecule has 3 aromatic rings. The molecule has 126 valence electrons. The van der Waals surface area contributed by atoms with Crippen LogP contribution in [0.2, 0.25) is 0 Å². The summed E-state index contributed by atoms with van der Waals surface area (Å²) in [4.78, 5) is 11.9. The first kappa shape index (κ1) is 17.2. The fourth-order valence-corrected chi connectivity index (χ4v) is 2.85. The summed E-state index contributed by atoms with van der Waals surface area (Å²) in [6.45, 7) is 0.238. The third-order valence-electron chi connectivity index (χ3n) is 3.81. The molecule has 25 heavy (non-hydrogen) atoms. The first-order valence-electron chi connectivity index (χ1n) is 7.82. The molecule has 0 amide bonds. The molecule has 0 fully saturated rings. The molecule has 4 heteroatoms. The quantitative estimate of drug-likeness (QED) is 0.429. The minimum atomic E-state index is -0.370. The van der Waals surface area contributed by atoms with Crippen LogP contribution in [0.3, 0.4) is 0 Å². The van der Waals surface area contributed by atoms with Gasteiger partial charge in [-0.2, -0.15) is 0 Å². The molecule has 0 bridgehead atoms. The Labute approximate surface area is 155 Å². The van der Waals surface area contributed by atoms with Gasteiger partial charge in [0.15, 0.2) is 0 Å². The number of carbonyl (C=O) groups is 1. The molecular formula is C21H17BrO3. The van der Waals surface area contributed by atoms with E-state index in [1.165, 1.54) is 6.08 Å². The van der Waals surface area contributed by atoms with Crippen LogP contribution in [0.25, 0.3) is 16.8 Å². The molecule has 0 aliphatic carbocycles. The van der Waals surface area contributed by atoms with E-state index in [1.54, 1.807) is 13.2 Å². The van der Waals surface area contributed by atoms with E-state index >= 15 is 0 Å². The molecule has 0 unspecified atom stereocenters. The van der Waals surface area contributed by atoms with Crippen LogP contribution < -0.4 is 4.74 Å². The van der Waals surface area contributed by atoms with Gasteiger partial charge < -0.3 is 9.47 Å². The largest absolute Gasteiger partial charge is 0.497 e. The molecular weight excluding hydrogens is 380 g/mol. The maximum absolute atomic E-state index is 11.9. The highest BCUT2D eigenvalue weighted by Crippen LogP contribution is 2.22. The van der Waals surface area contributed by atoms with Crippen LogP contribution in [0, 0.1) is 0 Å². The topological polar surface area (TPSA) is 35.5 Å². The zero-order chi connectivity index (χ0) is 17.6. The summed E-state index contributed by atoms with van der Waals surface area (Å²) in [6, 6.07) is 19.5. The van der Waals surface area contributed by atoms with E-state index in [-0.39, 0.29) is 12.6 Å². The summed E-state index contributed by atoms with van der Waals surface area (Å²) in [6.07, 6.45) is 3.20. The smallest absolute Gasteiger partial charge is 0.331 e. The summed E-state index contributed by atoms with van der Waals surface area (Å²) < 4.78 is 11.4. The van der Waals surface area contributed by atoms with Gasteiger partial charge in [0.1, 0.15) is 12.4 Å². The van der Waals surface area contributed by atoms with Crippen LogP contribution in [-0.2, 0) is 16.1 Å². The molecule has 0 N–H and O–H groups in total. The maximum Gasteiger partial charge on any atom is 0.331 e. The molecule has 0 aliphatic rings. The van der Waals surface area contributed by atoms with Crippen molar-refractivity contribution >= 4 is 38.7 Å². The van der Waals surface area contributed by atoms with Gasteiger partial charge in [0, 0.05) is 16.1 Å². The predicted octanol–water partition coefficient (Wildman–Crippen LogP) is 5.37.